The fourth-order valence-corrected chi connectivity index (χ4v) is 4.55. The number of rotatable bonds is 6. The highest BCUT2D eigenvalue weighted by Gasteiger charge is 2.37. The molecular formula is C17H27FO5SSi. The van der Waals surface area contributed by atoms with E-state index in [1.165, 1.54) is 6.92 Å². The second-order valence-electron chi connectivity index (χ2n) is 7.52. The molecule has 0 atom stereocenters. The van der Waals surface area contributed by atoms with Gasteiger partial charge in [-0.1, -0.05) is 20.8 Å². The minimum absolute atomic E-state index is 0.0272. The first-order chi connectivity index (χ1) is 11.2. The fraction of sp³-hybridized carbons (Fsp3) is 0.588. The van der Waals surface area contributed by atoms with Crippen LogP contribution in [0.15, 0.2) is 17.0 Å². The average Bonchev–Trinajstić information content (AvgIpc) is 2.44. The zero-order valence-electron chi connectivity index (χ0n) is 15.9. The number of halogens is 1. The summed E-state index contributed by atoms with van der Waals surface area (Å²) in [6.07, 6.45) is 0. The molecule has 0 saturated carbocycles. The average molecular weight is 391 g/mol. The number of carbonyl (C=O) groups is 1. The van der Waals surface area contributed by atoms with Gasteiger partial charge in [0.2, 0.25) is 0 Å². The van der Waals surface area contributed by atoms with Crippen molar-refractivity contribution in [2.75, 3.05) is 19.5 Å². The highest BCUT2D eigenvalue weighted by Crippen LogP contribution is 2.36. The van der Waals surface area contributed by atoms with Gasteiger partial charge in [0.1, 0.15) is 5.82 Å². The maximum absolute atomic E-state index is 13.9. The summed E-state index contributed by atoms with van der Waals surface area (Å²) in [5.74, 6) is -1.95. The number of aryl methyl sites for hydroxylation is 1. The van der Waals surface area contributed by atoms with Crippen molar-refractivity contribution in [1.82, 2.24) is 0 Å². The summed E-state index contributed by atoms with van der Waals surface area (Å²) in [7, 11) is -4.66. The van der Waals surface area contributed by atoms with E-state index in [2.05, 4.69) is 25.5 Å². The molecule has 0 heterocycles. The summed E-state index contributed by atoms with van der Waals surface area (Å²) in [5, 5.41) is -0.0272. The minimum atomic E-state index is -3.72. The van der Waals surface area contributed by atoms with Crippen LogP contribution >= 0.6 is 0 Å². The van der Waals surface area contributed by atoms with E-state index in [0.717, 1.165) is 19.2 Å². The maximum atomic E-state index is 13.9. The predicted octanol–water partition coefficient (Wildman–Crippen LogP) is 3.72. The molecule has 5 nitrogen and oxygen atoms in total. The van der Waals surface area contributed by atoms with Crippen LogP contribution in [0.2, 0.25) is 18.1 Å². The molecule has 1 aromatic rings. The molecule has 0 aliphatic carbocycles. The number of methoxy groups -OCH3 is 1. The molecule has 0 N–H and O–H groups in total. The first kappa shape index (κ1) is 21.8. The lowest BCUT2D eigenvalue weighted by molar-refractivity contribution is 0.0595. The fourth-order valence-electron chi connectivity index (χ4n) is 1.99. The Bertz CT molecular complexity index is 751. The second kappa shape index (κ2) is 7.55. The van der Waals surface area contributed by atoms with Gasteiger partial charge in [0.25, 0.3) is 0 Å². The molecule has 0 aromatic heterocycles. The molecule has 0 unspecified atom stereocenters. The zero-order valence-corrected chi connectivity index (χ0v) is 17.7. The third-order valence-electron chi connectivity index (χ3n) is 4.63. The van der Waals surface area contributed by atoms with Crippen molar-refractivity contribution in [3.05, 3.63) is 29.1 Å². The first-order valence-electron chi connectivity index (χ1n) is 7.98. The van der Waals surface area contributed by atoms with Gasteiger partial charge in [0.15, 0.2) is 18.2 Å². The third-order valence-corrected chi connectivity index (χ3v) is 11.0. The first-order valence-corrected chi connectivity index (χ1v) is 12.5. The minimum Gasteiger partial charge on any atom is -0.465 e. The van der Waals surface area contributed by atoms with Crippen LogP contribution in [0.3, 0.4) is 0 Å². The van der Waals surface area contributed by atoms with E-state index in [1.54, 1.807) is 0 Å². The third kappa shape index (κ3) is 5.12. The van der Waals surface area contributed by atoms with Gasteiger partial charge in [0.05, 0.1) is 23.3 Å². The molecule has 0 spiro atoms. The Morgan fingerprint density at radius 3 is 2.28 bits per heavy atom. The topological polar surface area (TPSA) is 69.7 Å². The van der Waals surface area contributed by atoms with E-state index in [-0.39, 0.29) is 27.9 Å². The molecule has 0 aliphatic rings. The van der Waals surface area contributed by atoms with Gasteiger partial charge in [0, 0.05) is 6.61 Å². The van der Waals surface area contributed by atoms with Crippen LogP contribution in [0.25, 0.3) is 0 Å². The van der Waals surface area contributed by atoms with E-state index in [0.29, 0.717) is 0 Å². The normalized spacial score (nSPS) is 13.0. The van der Waals surface area contributed by atoms with E-state index in [4.69, 9.17) is 4.43 Å². The number of carbonyl (C=O) groups excluding carboxylic acids is 1. The van der Waals surface area contributed by atoms with Gasteiger partial charge in [-0.25, -0.2) is 17.6 Å². The summed E-state index contributed by atoms with van der Waals surface area (Å²) in [6.45, 7) is 11.8. The largest absolute Gasteiger partial charge is 0.465 e. The lowest BCUT2D eigenvalue weighted by Crippen LogP contribution is -2.41. The zero-order chi connectivity index (χ0) is 19.6. The summed E-state index contributed by atoms with van der Waals surface area (Å²) >= 11 is 0. The van der Waals surface area contributed by atoms with Crippen molar-refractivity contribution in [2.45, 2.75) is 50.7 Å². The number of ether oxygens (including phenoxy) is 1. The van der Waals surface area contributed by atoms with Crippen molar-refractivity contribution in [3.8, 4) is 0 Å². The van der Waals surface area contributed by atoms with Gasteiger partial charge in [-0.05, 0) is 42.8 Å². The van der Waals surface area contributed by atoms with Crippen LogP contribution in [-0.4, -0.2) is 42.2 Å². The lowest BCUT2D eigenvalue weighted by Gasteiger charge is -2.36. The quantitative estimate of drug-likeness (QED) is 0.421. The Kier molecular flexibility index (Phi) is 6.58. The molecule has 0 aliphatic heterocycles. The number of hydrogen-bond donors (Lipinski definition) is 0. The van der Waals surface area contributed by atoms with Crippen LogP contribution in [0.1, 0.15) is 36.7 Å². The van der Waals surface area contributed by atoms with E-state index in [9.17, 15) is 17.6 Å². The van der Waals surface area contributed by atoms with Crippen molar-refractivity contribution in [3.63, 3.8) is 0 Å². The van der Waals surface area contributed by atoms with Crippen molar-refractivity contribution < 1.29 is 26.8 Å². The molecule has 25 heavy (non-hydrogen) atoms. The number of esters is 1. The highest BCUT2D eigenvalue weighted by atomic mass is 32.2. The number of hydrogen-bond acceptors (Lipinski definition) is 5. The van der Waals surface area contributed by atoms with Gasteiger partial charge < -0.3 is 9.16 Å². The number of sulfone groups is 1. The van der Waals surface area contributed by atoms with Crippen LogP contribution in [0, 0.1) is 12.7 Å². The summed E-state index contributed by atoms with van der Waals surface area (Å²) in [5.41, 5.74) is -0.144. The van der Waals surface area contributed by atoms with Crippen molar-refractivity contribution in [1.29, 1.82) is 0 Å². The van der Waals surface area contributed by atoms with Gasteiger partial charge in [-0.3, -0.25) is 0 Å². The standard InChI is InChI=1S/C17H27FO5SSi/c1-12-10-14(18)13(16(19)22-5)11-15(12)24(20,21)9-8-23-25(6,7)17(2,3)4/h10-11H,8-9H2,1-7H3. The highest BCUT2D eigenvalue weighted by molar-refractivity contribution is 7.91. The molecule has 1 aromatic carbocycles. The number of benzene rings is 1. The molecule has 0 radical (unpaired) electrons. The molecule has 0 bridgehead atoms. The molecule has 0 amide bonds. The maximum Gasteiger partial charge on any atom is 0.340 e. The molecule has 0 saturated heterocycles. The van der Waals surface area contributed by atoms with E-state index >= 15 is 0 Å². The van der Waals surface area contributed by atoms with Gasteiger partial charge in [-0.15, -0.1) is 0 Å². The lowest BCUT2D eigenvalue weighted by atomic mass is 10.1. The second-order valence-corrected chi connectivity index (χ2v) is 14.4. The van der Waals surface area contributed by atoms with Crippen LogP contribution in [0.5, 0.6) is 0 Å². The molecule has 142 valence electrons. The summed E-state index contributed by atoms with van der Waals surface area (Å²) in [4.78, 5) is 11.5. The summed E-state index contributed by atoms with van der Waals surface area (Å²) in [6, 6.07) is 2.08. The van der Waals surface area contributed by atoms with Gasteiger partial charge in [-0.2, -0.15) is 0 Å². The molecule has 0 fully saturated rings. The molecule has 1 rings (SSSR count). The van der Waals surface area contributed by atoms with Gasteiger partial charge >= 0.3 is 5.97 Å². The molecular weight excluding hydrogens is 363 g/mol. The Hall–Kier alpha value is -1.25. The van der Waals surface area contributed by atoms with E-state index < -0.39 is 35.5 Å². The Morgan fingerprint density at radius 1 is 1.24 bits per heavy atom. The van der Waals surface area contributed by atoms with Crippen LogP contribution < -0.4 is 0 Å². The van der Waals surface area contributed by atoms with Crippen LogP contribution in [-0.2, 0) is 19.0 Å². The van der Waals surface area contributed by atoms with Crippen LogP contribution in [0.4, 0.5) is 4.39 Å². The van der Waals surface area contributed by atoms with E-state index in [1.807, 2.05) is 13.1 Å². The monoisotopic (exact) mass is 390 g/mol. The smallest absolute Gasteiger partial charge is 0.340 e. The predicted molar refractivity (Wildman–Crippen MR) is 97.7 cm³/mol. The SMILES string of the molecule is COC(=O)c1cc(S(=O)(=O)CCO[Si](C)(C)C(C)(C)C)c(C)cc1F. The Morgan fingerprint density at radius 2 is 1.80 bits per heavy atom. The van der Waals surface area contributed by atoms with Crippen molar-refractivity contribution in [2.24, 2.45) is 0 Å². The Balaban J connectivity index is 3.05. The molecule has 8 heteroatoms. The van der Waals surface area contributed by atoms with Crippen molar-refractivity contribution >= 4 is 24.1 Å². The Labute approximate surface area is 150 Å². The summed E-state index contributed by atoms with van der Waals surface area (Å²) < 4.78 is 49.5.